The van der Waals surface area contributed by atoms with Crippen LogP contribution in [-0.2, 0) is 9.53 Å². The van der Waals surface area contributed by atoms with Crippen LogP contribution in [0.3, 0.4) is 0 Å². The van der Waals surface area contributed by atoms with Crippen LogP contribution in [0, 0.1) is 11.7 Å². The van der Waals surface area contributed by atoms with Crippen LogP contribution in [0.2, 0.25) is 0 Å². The van der Waals surface area contributed by atoms with E-state index in [-0.39, 0.29) is 29.2 Å². The number of halogens is 1. The van der Waals surface area contributed by atoms with Crippen LogP contribution >= 0.6 is 0 Å². The lowest BCUT2D eigenvalue weighted by molar-refractivity contribution is -0.145. The van der Waals surface area contributed by atoms with Gasteiger partial charge in [-0.25, -0.2) is 4.39 Å². The summed E-state index contributed by atoms with van der Waals surface area (Å²) < 4.78 is 18.0. The molecule has 2 atom stereocenters. The maximum absolute atomic E-state index is 13.1. The van der Waals surface area contributed by atoms with Crippen LogP contribution in [-0.4, -0.2) is 36.6 Å². The minimum atomic E-state index is -0.256. The number of esters is 1. The molecule has 0 N–H and O–H groups in total. The summed E-state index contributed by atoms with van der Waals surface area (Å²) in [5, 5.41) is 0. The molecule has 2 rings (SSSR count). The third kappa shape index (κ3) is 3.01. The van der Waals surface area contributed by atoms with E-state index in [1.807, 2.05) is 0 Å². The van der Waals surface area contributed by atoms with Crippen molar-refractivity contribution in [2.75, 3.05) is 20.2 Å². The van der Waals surface area contributed by atoms with Crippen molar-refractivity contribution in [1.29, 1.82) is 0 Å². The van der Waals surface area contributed by atoms with Gasteiger partial charge in [0, 0.05) is 24.5 Å². The van der Waals surface area contributed by atoms with Crippen molar-refractivity contribution in [2.24, 2.45) is 5.92 Å². The predicted molar refractivity (Wildman–Crippen MR) is 76.0 cm³/mol. The third-order valence-corrected chi connectivity index (χ3v) is 4.07. The number of benzene rings is 1. The normalized spacial score (nSPS) is 23.9. The first-order chi connectivity index (χ1) is 9.32. The van der Waals surface area contributed by atoms with Gasteiger partial charge in [-0.3, -0.25) is 9.69 Å². The van der Waals surface area contributed by atoms with E-state index in [1.54, 1.807) is 12.1 Å². The third-order valence-electron chi connectivity index (χ3n) is 4.07. The zero-order valence-corrected chi connectivity index (χ0v) is 12.5. The van der Waals surface area contributed by atoms with E-state index >= 15 is 0 Å². The molecule has 1 aromatic rings. The molecule has 4 heteroatoms. The van der Waals surface area contributed by atoms with E-state index in [4.69, 9.17) is 4.74 Å². The second kappa shape index (κ2) is 5.52. The first kappa shape index (κ1) is 15.0. The van der Waals surface area contributed by atoms with Crippen LogP contribution in [0.4, 0.5) is 4.39 Å². The standard InChI is InChI=1S/C16H22FNO2/c1-16(2,3)18-9-13(14(10-18)15(19)20-4)11-5-7-12(17)8-6-11/h5-8,13-14H,9-10H2,1-4H3/t13-,14+/m0/s1. The molecule has 1 heterocycles. The molecule has 0 saturated carbocycles. The quantitative estimate of drug-likeness (QED) is 0.780. The summed E-state index contributed by atoms with van der Waals surface area (Å²) in [5.74, 6) is -0.577. The Hall–Kier alpha value is -1.42. The molecule has 0 unspecified atom stereocenters. The van der Waals surface area contributed by atoms with Crippen LogP contribution in [0.25, 0.3) is 0 Å². The number of ether oxygens (including phenoxy) is 1. The Bertz CT molecular complexity index is 478. The maximum Gasteiger partial charge on any atom is 0.310 e. The summed E-state index contributed by atoms with van der Waals surface area (Å²) in [4.78, 5) is 14.3. The van der Waals surface area contributed by atoms with Gasteiger partial charge in [-0.1, -0.05) is 12.1 Å². The van der Waals surface area contributed by atoms with E-state index in [9.17, 15) is 9.18 Å². The Morgan fingerprint density at radius 3 is 2.35 bits per heavy atom. The minimum absolute atomic E-state index is 0.00104. The molecule has 110 valence electrons. The molecular weight excluding hydrogens is 257 g/mol. The fraction of sp³-hybridized carbons (Fsp3) is 0.562. The highest BCUT2D eigenvalue weighted by molar-refractivity contribution is 5.74. The van der Waals surface area contributed by atoms with Crippen molar-refractivity contribution >= 4 is 5.97 Å². The highest BCUT2D eigenvalue weighted by atomic mass is 19.1. The SMILES string of the molecule is COC(=O)[C@@H]1CN(C(C)(C)C)C[C@H]1c1ccc(F)cc1. The first-order valence-corrected chi connectivity index (χ1v) is 6.91. The molecule has 1 saturated heterocycles. The number of nitrogens with zero attached hydrogens (tertiary/aromatic N) is 1. The van der Waals surface area contributed by atoms with Crippen molar-refractivity contribution < 1.29 is 13.9 Å². The second-order valence-electron chi connectivity index (χ2n) is 6.36. The number of hydrogen-bond donors (Lipinski definition) is 0. The van der Waals surface area contributed by atoms with Crippen LogP contribution < -0.4 is 0 Å². The molecule has 1 aliphatic heterocycles. The van der Waals surface area contributed by atoms with Crippen molar-refractivity contribution in [3.63, 3.8) is 0 Å². The molecule has 1 fully saturated rings. The van der Waals surface area contributed by atoms with E-state index in [2.05, 4.69) is 25.7 Å². The smallest absolute Gasteiger partial charge is 0.310 e. The Balaban J connectivity index is 2.28. The summed E-state index contributed by atoms with van der Waals surface area (Å²) in [6, 6.07) is 6.43. The van der Waals surface area contributed by atoms with Gasteiger partial charge in [0.2, 0.25) is 0 Å². The second-order valence-corrected chi connectivity index (χ2v) is 6.36. The highest BCUT2D eigenvalue weighted by Crippen LogP contribution is 2.36. The van der Waals surface area contributed by atoms with Crippen molar-refractivity contribution in [3.05, 3.63) is 35.6 Å². The molecule has 0 spiro atoms. The Kier molecular flexibility index (Phi) is 4.14. The zero-order valence-electron chi connectivity index (χ0n) is 12.5. The highest BCUT2D eigenvalue weighted by Gasteiger charge is 2.42. The Labute approximate surface area is 119 Å². The van der Waals surface area contributed by atoms with Gasteiger partial charge in [0.25, 0.3) is 0 Å². The molecule has 1 aliphatic rings. The Morgan fingerprint density at radius 1 is 1.25 bits per heavy atom. The fourth-order valence-corrected chi connectivity index (χ4v) is 2.79. The van der Waals surface area contributed by atoms with Crippen molar-refractivity contribution in [2.45, 2.75) is 32.2 Å². The van der Waals surface area contributed by atoms with E-state index in [0.29, 0.717) is 6.54 Å². The van der Waals surface area contributed by atoms with Gasteiger partial charge in [-0.15, -0.1) is 0 Å². The number of hydrogen-bond acceptors (Lipinski definition) is 3. The van der Waals surface area contributed by atoms with Crippen molar-refractivity contribution in [1.82, 2.24) is 4.90 Å². The lowest BCUT2D eigenvalue weighted by atomic mass is 9.89. The molecule has 0 aromatic heterocycles. The van der Waals surface area contributed by atoms with Crippen LogP contribution in [0.15, 0.2) is 24.3 Å². The van der Waals surface area contributed by atoms with Gasteiger partial charge >= 0.3 is 5.97 Å². The summed E-state index contributed by atoms with van der Waals surface area (Å²) in [6.45, 7) is 7.87. The topological polar surface area (TPSA) is 29.5 Å². The summed E-state index contributed by atoms with van der Waals surface area (Å²) in [7, 11) is 1.42. The average Bonchev–Trinajstić information content (AvgIpc) is 2.83. The van der Waals surface area contributed by atoms with E-state index in [1.165, 1.54) is 19.2 Å². The molecule has 0 aliphatic carbocycles. The van der Waals surface area contributed by atoms with Crippen molar-refractivity contribution in [3.8, 4) is 0 Å². The Morgan fingerprint density at radius 2 is 1.85 bits per heavy atom. The summed E-state index contributed by atoms with van der Waals surface area (Å²) >= 11 is 0. The van der Waals surface area contributed by atoms with E-state index in [0.717, 1.165) is 12.1 Å². The molecular formula is C16H22FNO2. The number of carbonyl (C=O) groups excluding carboxylic acids is 1. The largest absolute Gasteiger partial charge is 0.469 e. The zero-order chi connectivity index (χ0) is 14.9. The monoisotopic (exact) mass is 279 g/mol. The number of likely N-dealkylation sites (tertiary alicyclic amines) is 1. The van der Waals surface area contributed by atoms with Crippen LogP contribution in [0.5, 0.6) is 0 Å². The number of methoxy groups -OCH3 is 1. The molecule has 3 nitrogen and oxygen atoms in total. The molecule has 20 heavy (non-hydrogen) atoms. The molecule has 0 bridgehead atoms. The molecule has 0 amide bonds. The lowest BCUT2D eigenvalue weighted by Crippen LogP contribution is -2.40. The molecule has 0 radical (unpaired) electrons. The van der Waals surface area contributed by atoms with Gasteiger partial charge in [0.1, 0.15) is 5.82 Å². The lowest BCUT2D eigenvalue weighted by Gasteiger charge is -2.31. The first-order valence-electron chi connectivity index (χ1n) is 6.91. The fourth-order valence-electron chi connectivity index (χ4n) is 2.79. The predicted octanol–water partition coefficient (Wildman–Crippen LogP) is 2.81. The van der Waals surface area contributed by atoms with E-state index < -0.39 is 0 Å². The van der Waals surface area contributed by atoms with Gasteiger partial charge < -0.3 is 4.74 Å². The number of rotatable bonds is 2. The average molecular weight is 279 g/mol. The summed E-state index contributed by atoms with van der Waals surface area (Å²) in [6.07, 6.45) is 0. The minimum Gasteiger partial charge on any atom is -0.469 e. The van der Waals surface area contributed by atoms with Crippen LogP contribution in [0.1, 0.15) is 32.3 Å². The van der Waals surface area contributed by atoms with Gasteiger partial charge in [-0.05, 0) is 38.5 Å². The summed E-state index contributed by atoms with van der Waals surface area (Å²) in [5.41, 5.74) is 0.995. The van der Waals surface area contributed by atoms with Gasteiger partial charge in [-0.2, -0.15) is 0 Å². The van der Waals surface area contributed by atoms with Gasteiger partial charge in [0.15, 0.2) is 0 Å². The maximum atomic E-state index is 13.1. The van der Waals surface area contributed by atoms with Gasteiger partial charge in [0.05, 0.1) is 13.0 Å². The number of carbonyl (C=O) groups is 1. The molecule has 1 aromatic carbocycles.